The molecule has 7 nitrogen and oxygen atoms in total. The highest BCUT2D eigenvalue weighted by Crippen LogP contribution is 2.23. The lowest BCUT2D eigenvalue weighted by Gasteiger charge is -2.10. The third-order valence-electron chi connectivity index (χ3n) is 5.12. The van der Waals surface area contributed by atoms with E-state index < -0.39 is 11.9 Å². The second kappa shape index (κ2) is 11.0. The molecule has 1 aromatic heterocycles. The predicted octanol–water partition coefficient (Wildman–Crippen LogP) is 5.10. The van der Waals surface area contributed by atoms with E-state index in [1.54, 1.807) is 16.8 Å². The number of aryl methyl sites for hydroxylation is 3. The number of benzene rings is 2. The number of aromatic nitrogens is 2. The molecule has 33 heavy (non-hydrogen) atoms. The number of carbonyl (C=O) groups is 2. The summed E-state index contributed by atoms with van der Waals surface area (Å²) in [7, 11) is 0. The Morgan fingerprint density at radius 2 is 1.79 bits per heavy atom. The molecule has 0 aliphatic rings. The Balaban J connectivity index is 1.44. The summed E-state index contributed by atoms with van der Waals surface area (Å²) in [5, 5.41) is 7.96. The average molecular weight is 470 g/mol. The molecule has 0 radical (unpaired) electrons. The molecular weight excluding hydrogens is 442 g/mol. The first-order valence-corrected chi connectivity index (χ1v) is 11.1. The van der Waals surface area contributed by atoms with Crippen LogP contribution in [0.25, 0.3) is 5.69 Å². The number of ether oxygens (including phenoxy) is 2. The Morgan fingerprint density at radius 1 is 1.06 bits per heavy atom. The third-order valence-corrected chi connectivity index (χ3v) is 5.35. The minimum Gasteiger partial charge on any atom is -0.493 e. The summed E-state index contributed by atoms with van der Waals surface area (Å²) in [5.74, 6) is -0.138. The quantitative estimate of drug-likeness (QED) is 0.348. The van der Waals surface area contributed by atoms with E-state index in [1.807, 2.05) is 58.0 Å². The highest BCUT2D eigenvalue weighted by Gasteiger charge is 2.16. The first kappa shape index (κ1) is 24.3. The van der Waals surface area contributed by atoms with Gasteiger partial charge in [-0.1, -0.05) is 29.3 Å². The fourth-order valence-electron chi connectivity index (χ4n) is 3.33. The van der Waals surface area contributed by atoms with Gasteiger partial charge in [0.15, 0.2) is 6.61 Å². The molecule has 0 atom stereocenters. The maximum atomic E-state index is 12.3. The highest BCUT2D eigenvalue weighted by atomic mass is 35.5. The maximum absolute atomic E-state index is 12.3. The van der Waals surface area contributed by atoms with Crippen molar-refractivity contribution in [1.82, 2.24) is 9.78 Å². The van der Waals surface area contributed by atoms with Gasteiger partial charge in [0.1, 0.15) is 5.75 Å². The molecule has 0 aliphatic carbocycles. The Labute approximate surface area is 198 Å². The molecule has 1 amide bonds. The Kier molecular flexibility index (Phi) is 8.11. The van der Waals surface area contributed by atoms with Crippen LogP contribution >= 0.6 is 11.6 Å². The van der Waals surface area contributed by atoms with Crippen LogP contribution in [0.1, 0.15) is 35.4 Å². The summed E-state index contributed by atoms with van der Waals surface area (Å²) in [4.78, 5) is 24.3. The zero-order valence-corrected chi connectivity index (χ0v) is 20.0. The van der Waals surface area contributed by atoms with Crippen LogP contribution in [-0.2, 0) is 14.3 Å². The van der Waals surface area contributed by atoms with Crippen LogP contribution in [0, 0.1) is 27.7 Å². The molecule has 1 heterocycles. The topological polar surface area (TPSA) is 82.5 Å². The van der Waals surface area contributed by atoms with Crippen molar-refractivity contribution in [3.8, 4) is 11.4 Å². The summed E-state index contributed by atoms with van der Waals surface area (Å²) in [6, 6.07) is 13.3. The van der Waals surface area contributed by atoms with E-state index in [-0.39, 0.29) is 13.0 Å². The van der Waals surface area contributed by atoms with E-state index in [4.69, 9.17) is 21.1 Å². The van der Waals surface area contributed by atoms with E-state index in [1.165, 1.54) is 0 Å². The number of halogens is 1. The SMILES string of the molecule is Cc1ccc(-n2nc(C)c(NC(=O)COC(=O)CCCOc3ccc(Cl)cc3C)c2C)cc1. The van der Waals surface area contributed by atoms with Gasteiger partial charge in [0.25, 0.3) is 5.91 Å². The zero-order chi connectivity index (χ0) is 24.0. The number of hydrogen-bond acceptors (Lipinski definition) is 5. The first-order chi connectivity index (χ1) is 15.7. The smallest absolute Gasteiger partial charge is 0.306 e. The number of anilines is 1. The van der Waals surface area contributed by atoms with E-state index in [2.05, 4.69) is 10.4 Å². The molecule has 0 spiro atoms. The molecule has 3 aromatic rings. The van der Waals surface area contributed by atoms with Gasteiger partial charge in [0.05, 0.1) is 29.4 Å². The number of hydrogen-bond donors (Lipinski definition) is 1. The number of carbonyl (C=O) groups excluding carboxylic acids is 2. The number of nitrogens with zero attached hydrogens (tertiary/aromatic N) is 2. The lowest BCUT2D eigenvalue weighted by molar-refractivity contribution is -0.147. The first-order valence-electron chi connectivity index (χ1n) is 10.7. The van der Waals surface area contributed by atoms with Crippen LogP contribution in [0.15, 0.2) is 42.5 Å². The van der Waals surface area contributed by atoms with E-state index in [0.29, 0.717) is 29.4 Å². The van der Waals surface area contributed by atoms with E-state index in [0.717, 1.165) is 28.3 Å². The molecule has 0 bridgehead atoms. The number of rotatable bonds is 9. The van der Waals surface area contributed by atoms with Gasteiger partial charge in [-0.2, -0.15) is 5.10 Å². The molecule has 0 fully saturated rings. The fourth-order valence-corrected chi connectivity index (χ4v) is 3.55. The Morgan fingerprint density at radius 3 is 2.48 bits per heavy atom. The second-order valence-electron chi connectivity index (χ2n) is 7.86. The molecule has 0 saturated carbocycles. The van der Waals surface area contributed by atoms with Crippen LogP contribution in [0.2, 0.25) is 5.02 Å². The zero-order valence-electron chi connectivity index (χ0n) is 19.3. The molecule has 0 saturated heterocycles. The summed E-state index contributed by atoms with van der Waals surface area (Å²) in [5.41, 5.74) is 5.08. The van der Waals surface area contributed by atoms with Crippen LogP contribution in [0.3, 0.4) is 0 Å². The molecule has 0 aliphatic heterocycles. The van der Waals surface area contributed by atoms with Crippen LogP contribution in [-0.4, -0.2) is 34.9 Å². The maximum Gasteiger partial charge on any atom is 0.306 e. The standard InChI is InChI=1S/C25H28ClN3O4/c1-16-7-10-21(11-8-16)29-19(4)25(18(3)28-29)27-23(30)15-33-24(31)6-5-13-32-22-12-9-20(26)14-17(22)2/h7-12,14H,5-6,13,15H2,1-4H3,(H,27,30). The summed E-state index contributed by atoms with van der Waals surface area (Å²) < 4.78 is 12.5. The molecule has 3 rings (SSSR count). The summed E-state index contributed by atoms with van der Waals surface area (Å²) >= 11 is 5.93. The second-order valence-corrected chi connectivity index (χ2v) is 8.30. The van der Waals surface area contributed by atoms with Gasteiger partial charge in [0, 0.05) is 11.4 Å². The molecule has 0 unspecified atom stereocenters. The Hall–Kier alpha value is -3.32. The van der Waals surface area contributed by atoms with E-state index in [9.17, 15) is 9.59 Å². The lowest BCUT2D eigenvalue weighted by Crippen LogP contribution is -2.21. The third kappa shape index (κ3) is 6.58. The average Bonchev–Trinajstić information content (AvgIpc) is 3.05. The van der Waals surface area contributed by atoms with Crippen molar-refractivity contribution in [2.24, 2.45) is 0 Å². The fraction of sp³-hybridized carbons (Fsp3) is 0.320. The van der Waals surface area contributed by atoms with Crippen LogP contribution in [0.4, 0.5) is 5.69 Å². The minimum atomic E-state index is -0.453. The van der Waals surface area contributed by atoms with Gasteiger partial charge in [0.2, 0.25) is 0 Å². The van der Waals surface area contributed by atoms with Crippen molar-refractivity contribution in [1.29, 1.82) is 0 Å². The van der Waals surface area contributed by atoms with Gasteiger partial charge in [-0.3, -0.25) is 9.59 Å². The monoisotopic (exact) mass is 469 g/mol. The van der Waals surface area contributed by atoms with Gasteiger partial charge < -0.3 is 14.8 Å². The van der Waals surface area contributed by atoms with Gasteiger partial charge in [-0.05, 0) is 70.0 Å². The van der Waals surface area contributed by atoms with Crippen molar-refractivity contribution < 1.29 is 19.1 Å². The molecular formula is C25H28ClN3O4. The van der Waals surface area contributed by atoms with Crippen LogP contribution < -0.4 is 10.1 Å². The largest absolute Gasteiger partial charge is 0.493 e. The normalized spacial score (nSPS) is 10.7. The van der Waals surface area contributed by atoms with Crippen LogP contribution in [0.5, 0.6) is 5.75 Å². The number of amides is 1. The number of esters is 1. The van der Waals surface area contributed by atoms with Crippen molar-refractivity contribution in [2.75, 3.05) is 18.5 Å². The highest BCUT2D eigenvalue weighted by molar-refractivity contribution is 6.30. The van der Waals surface area contributed by atoms with Crippen molar-refractivity contribution in [2.45, 2.75) is 40.5 Å². The van der Waals surface area contributed by atoms with Crippen molar-refractivity contribution >= 4 is 29.2 Å². The van der Waals surface area contributed by atoms with Crippen molar-refractivity contribution in [3.63, 3.8) is 0 Å². The minimum absolute atomic E-state index is 0.156. The van der Waals surface area contributed by atoms with Gasteiger partial charge >= 0.3 is 5.97 Å². The summed E-state index contributed by atoms with van der Waals surface area (Å²) in [6.07, 6.45) is 0.632. The summed E-state index contributed by atoms with van der Waals surface area (Å²) in [6.45, 7) is 7.63. The molecule has 1 N–H and O–H groups in total. The predicted molar refractivity (Wildman–Crippen MR) is 128 cm³/mol. The van der Waals surface area contributed by atoms with Gasteiger partial charge in [-0.25, -0.2) is 4.68 Å². The molecule has 8 heteroatoms. The van der Waals surface area contributed by atoms with Gasteiger partial charge in [-0.15, -0.1) is 0 Å². The van der Waals surface area contributed by atoms with E-state index >= 15 is 0 Å². The van der Waals surface area contributed by atoms with Crippen molar-refractivity contribution in [3.05, 3.63) is 70.0 Å². The molecule has 2 aromatic carbocycles. The molecule has 174 valence electrons. The lowest BCUT2D eigenvalue weighted by atomic mass is 10.2. The number of nitrogens with one attached hydrogen (secondary N) is 1. The Bertz CT molecular complexity index is 1140.